The third-order valence-electron chi connectivity index (χ3n) is 6.32. The van der Waals surface area contributed by atoms with Gasteiger partial charge in [-0.25, -0.2) is 24.0 Å². The Morgan fingerprint density at radius 2 is 0.323 bits per heavy atom. The maximum absolute atomic E-state index is 10.1. The van der Waals surface area contributed by atoms with E-state index in [1.807, 2.05) is 0 Å². The van der Waals surface area contributed by atoms with Crippen LogP contribution in [0.1, 0.15) is 89.9 Å². The van der Waals surface area contributed by atoms with Gasteiger partial charge in [0.15, 0.2) is 0 Å². The van der Waals surface area contributed by atoms with Gasteiger partial charge in [0.1, 0.15) is 0 Å². The number of carbonyl (C=O) groups excluding carboxylic acids is 7. The van der Waals surface area contributed by atoms with Crippen LogP contribution in [0.25, 0.3) is 0 Å². The molecule has 7 saturated heterocycles. The van der Waals surface area contributed by atoms with Gasteiger partial charge in [-0.05, 0) is 44.9 Å². The first-order valence-corrected chi connectivity index (χ1v) is 18.4. The molecular formula is C33H59N7O22. The number of hydrogen-bond donors (Lipinski definition) is 17. The van der Waals surface area contributed by atoms with Crippen LogP contribution in [0.15, 0.2) is 0 Å². The Morgan fingerprint density at radius 1 is 0.242 bits per heavy atom. The molecular weight excluding hydrogens is 846 g/mol. The van der Waals surface area contributed by atoms with E-state index < -0.39 is 30.8 Å². The van der Waals surface area contributed by atoms with E-state index in [1.54, 1.807) is 0 Å². The van der Waals surface area contributed by atoms with E-state index in [-0.39, 0.29) is 41.4 Å². The van der Waals surface area contributed by atoms with Crippen LogP contribution in [0.2, 0.25) is 0 Å². The van der Waals surface area contributed by atoms with E-state index in [2.05, 4.69) is 37.2 Å². The molecule has 7 aliphatic heterocycles. The minimum Gasteiger partial charge on any atom is -0.450 e. The third kappa shape index (κ3) is 81.0. The van der Waals surface area contributed by atoms with Crippen LogP contribution in [-0.2, 0) is 33.6 Å². The van der Waals surface area contributed by atoms with Crippen molar-refractivity contribution in [2.75, 3.05) is 45.8 Å². The molecule has 7 heterocycles. The number of carbonyl (C=O) groups is 12. The summed E-state index contributed by atoms with van der Waals surface area (Å²) in [5.41, 5.74) is 0. The molecule has 0 bridgehead atoms. The molecule has 7 amide bonds. The first kappa shape index (κ1) is 63.8. The van der Waals surface area contributed by atoms with Gasteiger partial charge in [-0.15, -0.1) is 0 Å². The molecule has 358 valence electrons. The Kier molecular flexibility index (Phi) is 47.7. The molecule has 0 aromatic carbocycles. The highest BCUT2D eigenvalue weighted by atomic mass is 16.6. The molecule has 0 aliphatic carbocycles. The molecule has 0 aromatic rings. The van der Waals surface area contributed by atoms with E-state index in [0.717, 1.165) is 136 Å². The molecule has 0 unspecified atom stereocenters. The molecule has 17 N–H and O–H groups in total. The van der Waals surface area contributed by atoms with Crippen molar-refractivity contribution in [3.63, 3.8) is 0 Å². The van der Waals surface area contributed by atoms with E-state index in [0.29, 0.717) is 0 Å². The summed E-state index contributed by atoms with van der Waals surface area (Å²) in [6, 6.07) is 0. The molecule has 0 saturated carbocycles. The minimum absolute atomic E-state index is 0.204. The maximum atomic E-state index is 10.1. The van der Waals surface area contributed by atoms with Gasteiger partial charge in [-0.1, -0.05) is 0 Å². The number of carboxylic acid groups (broad SMARTS) is 10. The fourth-order valence-electron chi connectivity index (χ4n) is 3.96. The summed E-state index contributed by atoms with van der Waals surface area (Å²) >= 11 is 0. The largest absolute Gasteiger partial charge is 0.503 e. The van der Waals surface area contributed by atoms with Crippen molar-refractivity contribution in [2.24, 2.45) is 0 Å². The Bertz CT molecular complexity index is 1020. The van der Waals surface area contributed by atoms with Gasteiger partial charge in [0, 0.05) is 90.8 Å². The van der Waals surface area contributed by atoms with Crippen molar-refractivity contribution in [3.05, 3.63) is 0 Å². The molecule has 7 aliphatic rings. The molecule has 29 heteroatoms. The quantitative estimate of drug-likeness (QED) is 0.156. The highest BCUT2D eigenvalue weighted by molar-refractivity contribution is 5.79. The van der Waals surface area contributed by atoms with Crippen LogP contribution in [0.4, 0.5) is 24.0 Å². The molecule has 0 aromatic heterocycles. The molecule has 7 rings (SSSR count). The average molecular weight is 906 g/mol. The molecule has 7 fully saturated rings. The van der Waals surface area contributed by atoms with Gasteiger partial charge in [-0.3, -0.25) is 33.6 Å². The monoisotopic (exact) mass is 905 g/mol. The smallest absolute Gasteiger partial charge is 0.450 e. The lowest BCUT2D eigenvalue weighted by molar-refractivity contribution is -0.119. The van der Waals surface area contributed by atoms with E-state index in [9.17, 15) is 33.6 Å². The summed E-state index contributed by atoms with van der Waals surface area (Å²) < 4.78 is 0. The van der Waals surface area contributed by atoms with Gasteiger partial charge >= 0.3 is 30.8 Å². The van der Waals surface area contributed by atoms with Crippen LogP contribution in [0, 0.1) is 0 Å². The second-order valence-electron chi connectivity index (χ2n) is 11.6. The number of rotatable bonds is 0. The van der Waals surface area contributed by atoms with Crippen molar-refractivity contribution in [2.45, 2.75) is 89.9 Å². The molecule has 0 radical (unpaired) electrons. The van der Waals surface area contributed by atoms with Crippen molar-refractivity contribution >= 4 is 72.1 Å². The van der Waals surface area contributed by atoms with E-state index in [1.165, 1.54) is 0 Å². The minimum atomic E-state index is -1.83. The van der Waals surface area contributed by atoms with Crippen LogP contribution in [0.5, 0.6) is 0 Å². The van der Waals surface area contributed by atoms with E-state index >= 15 is 0 Å². The second-order valence-corrected chi connectivity index (χ2v) is 11.6. The van der Waals surface area contributed by atoms with Crippen LogP contribution in [-0.4, -0.2) is 169 Å². The van der Waals surface area contributed by atoms with Crippen LogP contribution >= 0.6 is 0 Å². The first-order valence-electron chi connectivity index (χ1n) is 18.4. The van der Waals surface area contributed by atoms with Crippen LogP contribution in [0.3, 0.4) is 0 Å². The SMILES string of the molecule is O=C(O)O.O=C(O)O.O=C(O)O.O=C(O)O.O=C(O)O.O=C1CCCN1.O=C1CCCN1.O=C1CCCN1.O=C1CCCN1.O=C1CCCN1.O=C1CCCN1.O=C1CCCN1. The summed E-state index contributed by atoms with van der Waals surface area (Å²) in [5.74, 6) is 1.43. The Balaban J connectivity index is -0.000000192. The Hall–Kier alpha value is -7.36. The lowest BCUT2D eigenvalue weighted by Crippen LogP contribution is -2.12. The normalized spacial score (nSPS) is 16.2. The summed E-state index contributed by atoms with van der Waals surface area (Å²) in [5, 5.41) is 88.5. The summed E-state index contributed by atoms with van der Waals surface area (Å²) in [7, 11) is 0. The second kappa shape index (κ2) is 46.3. The third-order valence-corrected chi connectivity index (χ3v) is 6.32. The van der Waals surface area contributed by atoms with E-state index in [4.69, 9.17) is 75.0 Å². The lowest BCUT2D eigenvalue weighted by Gasteiger charge is -1.80. The van der Waals surface area contributed by atoms with Crippen molar-refractivity contribution in [1.82, 2.24) is 37.2 Å². The van der Waals surface area contributed by atoms with Gasteiger partial charge in [-0.2, -0.15) is 0 Å². The topological polar surface area (TPSA) is 491 Å². The summed E-state index contributed by atoms with van der Waals surface area (Å²) in [4.78, 5) is 114. The number of nitrogens with one attached hydrogen (secondary N) is 7. The molecule has 29 nitrogen and oxygen atoms in total. The number of hydrogen-bond acceptors (Lipinski definition) is 12. The zero-order chi connectivity index (χ0) is 48.7. The summed E-state index contributed by atoms with van der Waals surface area (Å²) in [6.45, 7) is 6.21. The number of amides is 7. The molecule has 0 atom stereocenters. The summed E-state index contributed by atoms with van der Waals surface area (Å²) in [6.07, 6.45) is 3.17. The zero-order valence-electron chi connectivity index (χ0n) is 33.7. The predicted octanol–water partition coefficient (Wildman–Crippen LogP) is 0.387. The highest BCUT2D eigenvalue weighted by Gasteiger charge is 2.08. The van der Waals surface area contributed by atoms with Crippen molar-refractivity contribution < 1.29 is 109 Å². The average Bonchev–Trinajstić information content (AvgIpc) is 3.97. The van der Waals surface area contributed by atoms with Gasteiger partial charge in [0.05, 0.1) is 0 Å². The Labute approximate surface area is 353 Å². The van der Waals surface area contributed by atoms with Crippen molar-refractivity contribution in [1.29, 1.82) is 0 Å². The standard InChI is InChI=1S/7C4H7NO.5CH2O3/c7*6-4-2-1-3-5-4;5*2-1(3)4/h7*1-3H2,(H,5,6);5*(H2,2,3,4). The van der Waals surface area contributed by atoms with Gasteiger partial charge < -0.3 is 88.3 Å². The van der Waals surface area contributed by atoms with Gasteiger partial charge in [0.25, 0.3) is 0 Å². The maximum Gasteiger partial charge on any atom is 0.503 e. The first-order chi connectivity index (χ1) is 28.9. The van der Waals surface area contributed by atoms with Crippen molar-refractivity contribution in [3.8, 4) is 0 Å². The fraction of sp³-hybridized carbons (Fsp3) is 0.636. The van der Waals surface area contributed by atoms with Gasteiger partial charge in [0.2, 0.25) is 41.4 Å². The lowest BCUT2D eigenvalue weighted by atomic mass is 10.4. The highest BCUT2D eigenvalue weighted by Crippen LogP contribution is 1.96. The predicted molar refractivity (Wildman–Crippen MR) is 209 cm³/mol. The molecule has 0 spiro atoms. The zero-order valence-corrected chi connectivity index (χ0v) is 33.7. The molecule has 62 heavy (non-hydrogen) atoms. The van der Waals surface area contributed by atoms with Crippen LogP contribution < -0.4 is 37.2 Å². The fourth-order valence-corrected chi connectivity index (χ4v) is 3.96. The Morgan fingerprint density at radius 3 is 0.339 bits per heavy atom.